The van der Waals surface area contributed by atoms with Crippen LogP contribution in [0.25, 0.3) is 0 Å². The lowest BCUT2D eigenvalue weighted by atomic mass is 10.0. The van der Waals surface area contributed by atoms with Crippen LogP contribution in [0.2, 0.25) is 0 Å². The molecule has 1 aromatic rings. The first-order chi connectivity index (χ1) is 11.8. The van der Waals surface area contributed by atoms with E-state index in [9.17, 15) is 14.4 Å². The average Bonchev–Trinajstić information content (AvgIpc) is 2.93. The van der Waals surface area contributed by atoms with E-state index in [1.165, 1.54) is 0 Å². The molecular weight excluding hydrogens is 320 g/mol. The molecule has 6 heteroatoms. The highest BCUT2D eigenvalue weighted by molar-refractivity contribution is 5.92. The maximum Gasteiger partial charge on any atom is 0.334 e. The van der Waals surface area contributed by atoms with Crippen molar-refractivity contribution in [2.75, 3.05) is 11.9 Å². The van der Waals surface area contributed by atoms with Crippen LogP contribution in [-0.4, -0.2) is 35.3 Å². The fraction of sp³-hybridized carbons (Fsp3) is 0.526. The largest absolute Gasteiger partial charge is 0.425 e. The minimum Gasteiger partial charge on any atom is -0.425 e. The number of anilines is 1. The maximum absolute atomic E-state index is 12.6. The molecule has 1 atom stereocenters. The number of carbonyl (C=O) groups is 3. The van der Waals surface area contributed by atoms with Gasteiger partial charge in [0.25, 0.3) is 0 Å². The van der Waals surface area contributed by atoms with Gasteiger partial charge in [0, 0.05) is 30.6 Å². The summed E-state index contributed by atoms with van der Waals surface area (Å²) in [7, 11) is 0. The van der Waals surface area contributed by atoms with E-state index < -0.39 is 12.0 Å². The Hall–Kier alpha value is -2.37. The molecule has 0 unspecified atom stereocenters. The zero-order valence-electron chi connectivity index (χ0n) is 15.2. The molecule has 1 aliphatic rings. The predicted molar refractivity (Wildman–Crippen MR) is 95.1 cm³/mol. The van der Waals surface area contributed by atoms with E-state index in [1.807, 2.05) is 13.8 Å². The molecule has 1 saturated heterocycles. The monoisotopic (exact) mass is 346 g/mol. The molecule has 0 spiro atoms. The van der Waals surface area contributed by atoms with Crippen molar-refractivity contribution in [2.45, 2.75) is 46.6 Å². The van der Waals surface area contributed by atoms with Crippen molar-refractivity contribution in [1.29, 1.82) is 0 Å². The number of esters is 1. The van der Waals surface area contributed by atoms with Crippen molar-refractivity contribution in [1.82, 2.24) is 4.90 Å². The number of carbonyl (C=O) groups excluding carboxylic acids is 3. The van der Waals surface area contributed by atoms with Gasteiger partial charge in [-0.05, 0) is 24.5 Å². The molecule has 0 saturated carbocycles. The summed E-state index contributed by atoms with van der Waals surface area (Å²) in [6.07, 6.45) is 1.25. The van der Waals surface area contributed by atoms with Gasteiger partial charge in [-0.15, -0.1) is 0 Å². The van der Waals surface area contributed by atoms with Crippen LogP contribution in [0.15, 0.2) is 24.3 Å². The van der Waals surface area contributed by atoms with E-state index in [2.05, 4.69) is 5.32 Å². The van der Waals surface area contributed by atoms with Crippen LogP contribution in [0.1, 0.15) is 40.5 Å². The Labute approximate surface area is 148 Å². The first kappa shape index (κ1) is 19.0. The van der Waals surface area contributed by atoms with Crippen LogP contribution in [0.3, 0.4) is 0 Å². The Morgan fingerprint density at radius 3 is 2.48 bits per heavy atom. The molecule has 1 aliphatic heterocycles. The number of hydrogen-bond donors (Lipinski definition) is 1. The summed E-state index contributed by atoms with van der Waals surface area (Å²) in [5.41, 5.74) is 0.572. The van der Waals surface area contributed by atoms with E-state index in [4.69, 9.17) is 4.74 Å². The topological polar surface area (TPSA) is 75.7 Å². The van der Waals surface area contributed by atoms with Crippen molar-refractivity contribution >= 4 is 23.5 Å². The molecule has 0 aliphatic carbocycles. The van der Waals surface area contributed by atoms with Crippen LogP contribution < -0.4 is 10.1 Å². The first-order valence-electron chi connectivity index (χ1n) is 8.71. The van der Waals surface area contributed by atoms with E-state index in [1.54, 1.807) is 43.0 Å². The molecular formula is C19H26N2O4. The quantitative estimate of drug-likeness (QED) is 0.635. The van der Waals surface area contributed by atoms with Gasteiger partial charge in [0.1, 0.15) is 11.8 Å². The molecule has 1 aromatic carbocycles. The number of likely N-dealkylation sites (tertiary alicyclic amines) is 1. The van der Waals surface area contributed by atoms with E-state index in [-0.39, 0.29) is 23.7 Å². The van der Waals surface area contributed by atoms with Gasteiger partial charge in [-0.25, -0.2) is 4.79 Å². The molecule has 6 nitrogen and oxygen atoms in total. The molecule has 2 amide bonds. The van der Waals surface area contributed by atoms with Gasteiger partial charge < -0.3 is 15.0 Å². The highest BCUT2D eigenvalue weighted by Crippen LogP contribution is 2.23. The summed E-state index contributed by atoms with van der Waals surface area (Å²) in [5.74, 6) is -0.391. The second-order valence-corrected chi connectivity index (χ2v) is 6.97. The van der Waals surface area contributed by atoms with E-state index >= 15 is 0 Å². The SMILES string of the molecule is CC(C)C(=O)Nc1cccc(OC(=O)[C@H](C(C)C)N2CCCC2=O)c1. The van der Waals surface area contributed by atoms with Gasteiger partial charge in [-0.3, -0.25) is 9.59 Å². The van der Waals surface area contributed by atoms with Crippen molar-refractivity contribution in [3.8, 4) is 5.75 Å². The fourth-order valence-electron chi connectivity index (χ4n) is 2.82. The van der Waals surface area contributed by atoms with Gasteiger partial charge >= 0.3 is 5.97 Å². The van der Waals surface area contributed by atoms with E-state index in [0.29, 0.717) is 24.4 Å². The Bertz CT molecular complexity index is 655. The molecule has 0 bridgehead atoms. The van der Waals surface area contributed by atoms with Gasteiger partial charge in [-0.2, -0.15) is 0 Å². The van der Waals surface area contributed by atoms with Crippen molar-refractivity contribution in [3.63, 3.8) is 0 Å². The normalized spacial score (nSPS) is 15.6. The Morgan fingerprint density at radius 2 is 1.92 bits per heavy atom. The number of benzene rings is 1. The predicted octanol–water partition coefficient (Wildman–Crippen LogP) is 2.83. The lowest BCUT2D eigenvalue weighted by Gasteiger charge is -2.28. The fourth-order valence-corrected chi connectivity index (χ4v) is 2.82. The number of rotatable bonds is 6. The standard InChI is InChI=1S/C19H26N2O4/c1-12(2)17(21-10-6-9-16(21)22)19(24)25-15-8-5-7-14(11-15)20-18(23)13(3)4/h5,7-8,11-13,17H,6,9-10H2,1-4H3,(H,20,23)/t17-/m0/s1. The highest BCUT2D eigenvalue weighted by Gasteiger charge is 2.36. The Morgan fingerprint density at radius 1 is 1.20 bits per heavy atom. The highest BCUT2D eigenvalue weighted by atomic mass is 16.5. The first-order valence-corrected chi connectivity index (χ1v) is 8.71. The van der Waals surface area contributed by atoms with Crippen molar-refractivity contribution in [2.24, 2.45) is 11.8 Å². The Balaban J connectivity index is 2.10. The second kappa shape index (κ2) is 8.14. The molecule has 1 heterocycles. The zero-order chi connectivity index (χ0) is 18.6. The lowest BCUT2D eigenvalue weighted by molar-refractivity contribution is -0.148. The van der Waals surface area contributed by atoms with Crippen LogP contribution in [-0.2, 0) is 14.4 Å². The molecule has 2 rings (SSSR count). The number of nitrogens with one attached hydrogen (secondary N) is 1. The number of ether oxygens (including phenoxy) is 1. The molecule has 1 fully saturated rings. The maximum atomic E-state index is 12.6. The lowest BCUT2D eigenvalue weighted by Crippen LogP contribution is -2.47. The molecule has 1 N–H and O–H groups in total. The third-order valence-corrected chi connectivity index (χ3v) is 4.16. The summed E-state index contributed by atoms with van der Waals surface area (Å²) in [6.45, 7) is 7.99. The van der Waals surface area contributed by atoms with Gasteiger partial charge in [0.2, 0.25) is 11.8 Å². The number of nitrogens with zero attached hydrogens (tertiary/aromatic N) is 1. The van der Waals surface area contributed by atoms with Crippen LogP contribution >= 0.6 is 0 Å². The van der Waals surface area contributed by atoms with Crippen molar-refractivity contribution < 1.29 is 19.1 Å². The van der Waals surface area contributed by atoms with Gasteiger partial charge in [0.15, 0.2) is 0 Å². The van der Waals surface area contributed by atoms with Gasteiger partial charge in [-0.1, -0.05) is 33.8 Å². The molecule has 136 valence electrons. The minimum atomic E-state index is -0.594. The zero-order valence-corrected chi connectivity index (χ0v) is 15.2. The Kier molecular flexibility index (Phi) is 6.17. The van der Waals surface area contributed by atoms with Crippen LogP contribution in [0.5, 0.6) is 5.75 Å². The number of amides is 2. The molecule has 0 aromatic heterocycles. The third-order valence-electron chi connectivity index (χ3n) is 4.16. The summed E-state index contributed by atoms with van der Waals surface area (Å²) in [6, 6.07) is 6.13. The van der Waals surface area contributed by atoms with Crippen LogP contribution in [0, 0.1) is 11.8 Å². The second-order valence-electron chi connectivity index (χ2n) is 6.97. The number of hydrogen-bond acceptors (Lipinski definition) is 4. The minimum absolute atomic E-state index is 0.00593. The summed E-state index contributed by atoms with van der Waals surface area (Å²) >= 11 is 0. The van der Waals surface area contributed by atoms with Crippen LogP contribution in [0.4, 0.5) is 5.69 Å². The molecule has 0 radical (unpaired) electrons. The average molecular weight is 346 g/mol. The molecule has 25 heavy (non-hydrogen) atoms. The van der Waals surface area contributed by atoms with Gasteiger partial charge in [0.05, 0.1) is 0 Å². The smallest absolute Gasteiger partial charge is 0.334 e. The van der Waals surface area contributed by atoms with E-state index in [0.717, 1.165) is 6.42 Å². The third kappa shape index (κ3) is 4.81. The van der Waals surface area contributed by atoms with Crippen molar-refractivity contribution in [3.05, 3.63) is 24.3 Å². The summed E-state index contributed by atoms with van der Waals surface area (Å²) < 4.78 is 5.50. The summed E-state index contributed by atoms with van der Waals surface area (Å²) in [5, 5.41) is 2.77. The summed E-state index contributed by atoms with van der Waals surface area (Å²) in [4.78, 5) is 38.0.